The van der Waals surface area contributed by atoms with Gasteiger partial charge in [0.05, 0.1) is 23.8 Å². The predicted octanol–water partition coefficient (Wildman–Crippen LogP) is 2.99. The number of ether oxygens (including phenoxy) is 1. The minimum Gasteiger partial charge on any atom is -0.496 e. The van der Waals surface area contributed by atoms with Crippen LogP contribution in [0.15, 0.2) is 12.1 Å². The van der Waals surface area contributed by atoms with E-state index in [-0.39, 0.29) is 18.1 Å². The van der Waals surface area contributed by atoms with Gasteiger partial charge in [0.2, 0.25) is 0 Å². The fourth-order valence-corrected chi connectivity index (χ4v) is 2.96. The first kappa shape index (κ1) is 15.9. The zero-order valence-electron chi connectivity index (χ0n) is 11.2. The van der Waals surface area contributed by atoms with Crippen molar-refractivity contribution >= 4 is 40.1 Å². The van der Waals surface area contributed by atoms with E-state index in [1.54, 1.807) is 12.1 Å². The molecule has 0 unspecified atom stereocenters. The molecular weight excluding hydrogens is 393 g/mol. The van der Waals surface area contributed by atoms with Gasteiger partial charge in [0.1, 0.15) is 5.75 Å². The number of hydrogen-bond acceptors (Lipinski definition) is 3. The molecule has 6 heteroatoms. The Bertz CT molecular complexity index is 501. The molecule has 1 saturated carbocycles. The Morgan fingerprint density at radius 3 is 2.65 bits per heavy atom. The van der Waals surface area contributed by atoms with Crippen LogP contribution in [0.3, 0.4) is 0 Å². The molecule has 0 heterocycles. The van der Waals surface area contributed by atoms with Crippen LogP contribution in [0.25, 0.3) is 0 Å². The molecule has 0 saturated heterocycles. The lowest BCUT2D eigenvalue weighted by atomic mass is 9.93. The highest BCUT2D eigenvalue weighted by molar-refractivity contribution is 14.1. The van der Waals surface area contributed by atoms with Crippen molar-refractivity contribution in [2.75, 3.05) is 7.11 Å². The molecule has 0 aromatic heterocycles. The first-order valence-electron chi connectivity index (χ1n) is 6.53. The molecule has 0 atom stereocenters. The van der Waals surface area contributed by atoms with Crippen LogP contribution >= 0.6 is 34.2 Å². The molecular formula is C14H17ClINO3. The summed E-state index contributed by atoms with van der Waals surface area (Å²) in [5.74, 6) is 0.341. The number of benzene rings is 1. The van der Waals surface area contributed by atoms with Crippen molar-refractivity contribution in [3.05, 3.63) is 26.3 Å². The van der Waals surface area contributed by atoms with E-state index >= 15 is 0 Å². The van der Waals surface area contributed by atoms with Crippen molar-refractivity contribution in [2.24, 2.45) is 0 Å². The summed E-state index contributed by atoms with van der Waals surface area (Å²) < 4.78 is 6.09. The van der Waals surface area contributed by atoms with Crippen molar-refractivity contribution in [3.8, 4) is 5.75 Å². The van der Waals surface area contributed by atoms with Gasteiger partial charge in [0.15, 0.2) is 0 Å². The summed E-state index contributed by atoms with van der Waals surface area (Å²) >= 11 is 8.17. The number of amides is 1. The Morgan fingerprint density at radius 2 is 2.05 bits per heavy atom. The zero-order chi connectivity index (χ0) is 14.7. The summed E-state index contributed by atoms with van der Waals surface area (Å²) in [7, 11) is 1.53. The van der Waals surface area contributed by atoms with Crippen LogP contribution in [0.5, 0.6) is 5.75 Å². The Labute approximate surface area is 137 Å². The van der Waals surface area contributed by atoms with Gasteiger partial charge in [-0.2, -0.15) is 0 Å². The smallest absolute Gasteiger partial charge is 0.255 e. The third kappa shape index (κ3) is 3.77. The van der Waals surface area contributed by atoms with Gasteiger partial charge >= 0.3 is 0 Å². The molecule has 1 aromatic rings. The molecule has 1 fully saturated rings. The summed E-state index contributed by atoms with van der Waals surface area (Å²) in [4.78, 5) is 12.3. The third-order valence-electron chi connectivity index (χ3n) is 3.52. The number of nitrogens with one attached hydrogen (secondary N) is 1. The lowest BCUT2D eigenvalue weighted by molar-refractivity contribution is 0.0865. The molecule has 2 rings (SSSR count). The van der Waals surface area contributed by atoms with Crippen LogP contribution in [0, 0.1) is 3.57 Å². The molecule has 0 spiro atoms. The summed E-state index contributed by atoms with van der Waals surface area (Å²) in [6.45, 7) is 0. The topological polar surface area (TPSA) is 58.6 Å². The minimum atomic E-state index is -0.231. The Kier molecular flexibility index (Phi) is 5.51. The molecule has 110 valence electrons. The summed E-state index contributed by atoms with van der Waals surface area (Å²) in [6.07, 6.45) is 2.83. The third-order valence-corrected chi connectivity index (χ3v) is 5.04. The van der Waals surface area contributed by atoms with Crippen LogP contribution in [-0.2, 0) is 0 Å². The molecule has 1 aromatic carbocycles. The second kappa shape index (κ2) is 6.95. The second-order valence-electron chi connectivity index (χ2n) is 4.95. The van der Waals surface area contributed by atoms with Crippen LogP contribution in [0.4, 0.5) is 0 Å². The highest BCUT2D eigenvalue weighted by atomic mass is 127. The summed E-state index contributed by atoms with van der Waals surface area (Å²) in [5.41, 5.74) is 0.448. The molecule has 1 aliphatic carbocycles. The van der Waals surface area contributed by atoms with E-state index in [0.29, 0.717) is 16.3 Å². The standard InChI is InChI=1S/C14H17ClINO3/c1-20-13-7-12(16)11(15)6-10(13)14(19)17-8-2-4-9(18)5-3-8/h6-9,18H,2-5H2,1H3,(H,17,19). The highest BCUT2D eigenvalue weighted by Gasteiger charge is 2.23. The Balaban J connectivity index is 2.11. The number of halogens is 2. The molecule has 0 radical (unpaired) electrons. The van der Waals surface area contributed by atoms with Crippen molar-refractivity contribution in [1.29, 1.82) is 0 Å². The number of rotatable bonds is 3. The SMILES string of the molecule is COc1cc(I)c(Cl)cc1C(=O)NC1CCC(O)CC1. The lowest BCUT2D eigenvalue weighted by Crippen LogP contribution is -2.38. The van der Waals surface area contributed by atoms with Crippen LogP contribution < -0.4 is 10.1 Å². The Morgan fingerprint density at radius 1 is 1.40 bits per heavy atom. The molecule has 1 aliphatic rings. The fourth-order valence-electron chi connectivity index (χ4n) is 2.36. The van der Waals surface area contributed by atoms with Gasteiger partial charge in [-0.25, -0.2) is 0 Å². The number of carbonyl (C=O) groups is 1. The largest absolute Gasteiger partial charge is 0.496 e. The van der Waals surface area contributed by atoms with E-state index in [9.17, 15) is 9.90 Å². The number of aliphatic hydroxyl groups excluding tert-OH is 1. The number of methoxy groups -OCH3 is 1. The maximum atomic E-state index is 12.3. The van der Waals surface area contributed by atoms with E-state index in [1.165, 1.54) is 7.11 Å². The van der Waals surface area contributed by atoms with Gasteiger partial charge in [-0.1, -0.05) is 11.6 Å². The van der Waals surface area contributed by atoms with Gasteiger partial charge in [0, 0.05) is 9.61 Å². The zero-order valence-corrected chi connectivity index (χ0v) is 14.1. The van der Waals surface area contributed by atoms with Gasteiger partial charge < -0.3 is 15.2 Å². The molecule has 0 aliphatic heterocycles. The summed E-state index contributed by atoms with van der Waals surface area (Å²) in [6, 6.07) is 3.49. The maximum absolute atomic E-state index is 12.3. The van der Waals surface area contributed by atoms with Crippen LogP contribution in [0.2, 0.25) is 5.02 Å². The first-order valence-corrected chi connectivity index (χ1v) is 7.99. The van der Waals surface area contributed by atoms with Crippen LogP contribution in [0.1, 0.15) is 36.0 Å². The van der Waals surface area contributed by atoms with Crippen molar-refractivity contribution in [3.63, 3.8) is 0 Å². The molecule has 1 amide bonds. The maximum Gasteiger partial charge on any atom is 0.255 e. The van der Waals surface area contributed by atoms with E-state index in [1.807, 2.05) is 0 Å². The molecule has 2 N–H and O–H groups in total. The molecule has 20 heavy (non-hydrogen) atoms. The molecule has 0 bridgehead atoms. The van der Waals surface area contributed by atoms with E-state index in [2.05, 4.69) is 27.9 Å². The van der Waals surface area contributed by atoms with Gasteiger partial charge in [0.25, 0.3) is 5.91 Å². The van der Waals surface area contributed by atoms with E-state index < -0.39 is 0 Å². The van der Waals surface area contributed by atoms with Gasteiger partial charge in [-0.15, -0.1) is 0 Å². The average molecular weight is 410 g/mol. The van der Waals surface area contributed by atoms with Crippen molar-refractivity contribution in [1.82, 2.24) is 5.32 Å². The first-order chi connectivity index (χ1) is 9.51. The van der Waals surface area contributed by atoms with E-state index in [0.717, 1.165) is 29.3 Å². The second-order valence-corrected chi connectivity index (χ2v) is 6.51. The van der Waals surface area contributed by atoms with Gasteiger partial charge in [-0.3, -0.25) is 4.79 Å². The fraction of sp³-hybridized carbons (Fsp3) is 0.500. The number of carbonyl (C=O) groups excluding carboxylic acids is 1. The minimum absolute atomic E-state index is 0.105. The quantitative estimate of drug-likeness (QED) is 0.755. The van der Waals surface area contributed by atoms with Crippen molar-refractivity contribution in [2.45, 2.75) is 37.8 Å². The monoisotopic (exact) mass is 409 g/mol. The summed E-state index contributed by atoms with van der Waals surface area (Å²) in [5, 5.41) is 13.0. The highest BCUT2D eigenvalue weighted by Crippen LogP contribution is 2.28. The van der Waals surface area contributed by atoms with Crippen molar-refractivity contribution < 1.29 is 14.6 Å². The van der Waals surface area contributed by atoms with E-state index in [4.69, 9.17) is 16.3 Å². The molecule has 4 nitrogen and oxygen atoms in total. The Hall–Kier alpha value is -0.530. The normalized spacial score (nSPS) is 22.4. The number of aliphatic hydroxyl groups is 1. The predicted molar refractivity (Wildman–Crippen MR) is 86.5 cm³/mol. The lowest BCUT2D eigenvalue weighted by Gasteiger charge is -2.26. The van der Waals surface area contributed by atoms with Gasteiger partial charge in [-0.05, 0) is 60.4 Å². The number of hydrogen-bond donors (Lipinski definition) is 2. The van der Waals surface area contributed by atoms with Crippen LogP contribution in [-0.4, -0.2) is 30.3 Å². The average Bonchev–Trinajstić information content (AvgIpc) is 2.43.